The molecule has 2 aromatic rings. The molecular weight excluding hydrogens is 488 g/mol. The van der Waals surface area contributed by atoms with Gasteiger partial charge in [-0.1, -0.05) is 18.2 Å². The van der Waals surface area contributed by atoms with Crippen molar-refractivity contribution in [3.63, 3.8) is 0 Å². The monoisotopic (exact) mass is 528 g/mol. The normalized spacial score (nSPS) is 17.8. The first-order valence-corrected chi connectivity index (χ1v) is 13.3. The maximum Gasteiger partial charge on any atom is 0.410 e. The number of aromatic nitrogens is 1. The average Bonchev–Trinajstić information content (AvgIpc) is 3.68. The van der Waals surface area contributed by atoms with Gasteiger partial charge < -0.3 is 33.5 Å². The lowest BCUT2D eigenvalue weighted by molar-refractivity contribution is -0.150. The van der Waals surface area contributed by atoms with Crippen molar-refractivity contribution in [1.82, 2.24) is 19.3 Å². The molecule has 208 valence electrons. The van der Waals surface area contributed by atoms with Gasteiger partial charge in [-0.2, -0.15) is 0 Å². The zero-order chi connectivity index (χ0) is 27.4. The van der Waals surface area contributed by atoms with E-state index in [0.717, 1.165) is 42.3 Å². The van der Waals surface area contributed by atoms with E-state index in [-0.39, 0.29) is 24.6 Å². The van der Waals surface area contributed by atoms with Crippen LogP contribution in [0.4, 0.5) is 9.59 Å². The number of morpholine rings is 1. The molecule has 1 aromatic carbocycles. The minimum Gasteiger partial charge on any atom is -0.453 e. The summed E-state index contributed by atoms with van der Waals surface area (Å²) in [6.07, 6.45) is 3.33. The molecule has 1 aliphatic carbocycles. The first-order valence-electron chi connectivity index (χ1n) is 13.3. The van der Waals surface area contributed by atoms with Gasteiger partial charge >= 0.3 is 12.2 Å². The van der Waals surface area contributed by atoms with Crippen LogP contribution in [0.3, 0.4) is 0 Å². The van der Waals surface area contributed by atoms with Crippen molar-refractivity contribution in [2.75, 3.05) is 40.4 Å². The number of aryl methyl sites for hydroxylation is 1. The second-order valence-electron chi connectivity index (χ2n) is 11.1. The number of fused-ring (bicyclic) bond motifs is 1. The molecule has 10 nitrogen and oxygen atoms in total. The summed E-state index contributed by atoms with van der Waals surface area (Å²) in [5.41, 5.74) is 1.57. The predicted molar refractivity (Wildman–Crippen MR) is 143 cm³/mol. The van der Waals surface area contributed by atoms with Crippen LogP contribution in [-0.4, -0.2) is 95.5 Å². The van der Waals surface area contributed by atoms with Gasteiger partial charge in [-0.15, -0.1) is 0 Å². The number of carbonyl (C=O) groups excluding carboxylic acids is 3. The first kappa shape index (κ1) is 27.8. The van der Waals surface area contributed by atoms with E-state index in [1.807, 2.05) is 37.8 Å². The van der Waals surface area contributed by atoms with Crippen LogP contribution in [0, 0.1) is 0 Å². The van der Waals surface area contributed by atoms with Crippen LogP contribution in [0.5, 0.6) is 0 Å². The fourth-order valence-electron chi connectivity index (χ4n) is 4.79. The number of rotatable bonds is 8. The number of carbonyl (C=O) groups is 3. The number of methoxy groups -OCH3 is 1. The Morgan fingerprint density at radius 3 is 2.58 bits per heavy atom. The van der Waals surface area contributed by atoms with Crippen molar-refractivity contribution in [2.24, 2.45) is 0 Å². The van der Waals surface area contributed by atoms with Gasteiger partial charge in [0.1, 0.15) is 5.60 Å². The Morgan fingerprint density at radius 2 is 1.89 bits per heavy atom. The number of ether oxygens (including phenoxy) is 3. The molecule has 0 radical (unpaired) electrons. The highest BCUT2D eigenvalue weighted by atomic mass is 16.6. The number of hydrogen-bond donors (Lipinski definition) is 0. The molecule has 0 bridgehead atoms. The van der Waals surface area contributed by atoms with Crippen LogP contribution in [-0.2, 0) is 32.1 Å². The molecule has 4 rings (SSSR count). The summed E-state index contributed by atoms with van der Waals surface area (Å²) < 4.78 is 18.3. The Bertz CT molecular complexity index is 1150. The van der Waals surface area contributed by atoms with E-state index >= 15 is 0 Å². The molecule has 0 unspecified atom stereocenters. The largest absolute Gasteiger partial charge is 0.453 e. The number of para-hydroxylation sites is 1. The van der Waals surface area contributed by atoms with Crippen molar-refractivity contribution in [1.29, 1.82) is 0 Å². The molecular formula is C28H40N4O6. The molecule has 1 aromatic heterocycles. The van der Waals surface area contributed by atoms with Crippen LogP contribution >= 0.6 is 0 Å². The highest BCUT2D eigenvalue weighted by Crippen LogP contribution is 2.32. The zero-order valence-electron chi connectivity index (χ0n) is 23.1. The van der Waals surface area contributed by atoms with Crippen LogP contribution in [0.25, 0.3) is 10.9 Å². The summed E-state index contributed by atoms with van der Waals surface area (Å²) in [5.74, 6) is -0.0858. The molecule has 1 saturated carbocycles. The summed E-state index contributed by atoms with van der Waals surface area (Å²) in [6, 6.07) is 8.36. The number of hydrogen-bond acceptors (Lipinski definition) is 6. The van der Waals surface area contributed by atoms with E-state index in [1.54, 1.807) is 16.8 Å². The lowest BCUT2D eigenvalue weighted by Gasteiger charge is -2.35. The third-order valence-electron chi connectivity index (χ3n) is 6.85. The Balaban J connectivity index is 1.46. The molecule has 0 spiro atoms. The van der Waals surface area contributed by atoms with Gasteiger partial charge in [-0.3, -0.25) is 4.79 Å². The minimum absolute atomic E-state index is 0.0858. The van der Waals surface area contributed by atoms with E-state index in [4.69, 9.17) is 14.2 Å². The highest BCUT2D eigenvalue weighted by molar-refractivity contribution is 5.86. The van der Waals surface area contributed by atoms with E-state index in [0.29, 0.717) is 26.2 Å². The van der Waals surface area contributed by atoms with Crippen LogP contribution in [0.2, 0.25) is 0 Å². The SMILES string of the molecule is COC(=O)N(C)CCCn1cc(CN(C(=O)[C@H]2CN(C(=O)OC(C)(C)C)CCO2)C2CC2)c2ccccc21. The minimum atomic E-state index is -0.709. The third-order valence-corrected chi connectivity index (χ3v) is 6.85. The van der Waals surface area contributed by atoms with Crippen molar-refractivity contribution in [3.8, 4) is 0 Å². The van der Waals surface area contributed by atoms with Gasteiger partial charge in [0.2, 0.25) is 0 Å². The lowest BCUT2D eigenvalue weighted by atomic mass is 10.1. The summed E-state index contributed by atoms with van der Waals surface area (Å²) in [5, 5.41) is 1.10. The van der Waals surface area contributed by atoms with Gasteiger partial charge in [0.25, 0.3) is 5.91 Å². The van der Waals surface area contributed by atoms with Gasteiger partial charge in [0.05, 0.1) is 20.3 Å². The Hall–Kier alpha value is -3.27. The van der Waals surface area contributed by atoms with Crippen LogP contribution < -0.4 is 0 Å². The molecule has 10 heteroatoms. The van der Waals surface area contributed by atoms with E-state index in [9.17, 15) is 14.4 Å². The van der Waals surface area contributed by atoms with Crippen molar-refractivity contribution in [3.05, 3.63) is 36.0 Å². The Kier molecular flexibility index (Phi) is 8.50. The molecule has 3 amide bonds. The summed E-state index contributed by atoms with van der Waals surface area (Å²) >= 11 is 0. The van der Waals surface area contributed by atoms with Crippen LogP contribution in [0.1, 0.15) is 45.6 Å². The van der Waals surface area contributed by atoms with Crippen LogP contribution in [0.15, 0.2) is 30.5 Å². The number of nitrogens with zero attached hydrogens (tertiary/aromatic N) is 4. The Labute approximate surface area is 224 Å². The van der Waals surface area contributed by atoms with E-state index in [2.05, 4.69) is 22.9 Å². The quantitative estimate of drug-likeness (QED) is 0.517. The second kappa shape index (κ2) is 11.6. The summed E-state index contributed by atoms with van der Waals surface area (Å²) in [6.45, 7) is 8.17. The molecule has 38 heavy (non-hydrogen) atoms. The maximum atomic E-state index is 13.7. The standard InChI is InChI=1S/C28H40N4O6/c1-28(2,3)38-27(35)31-15-16-37-24(19-31)25(33)32(21-11-12-21)18-20-17-30(23-10-7-6-9-22(20)23)14-8-13-29(4)26(34)36-5/h6-7,9-10,17,21,24H,8,11-16,18-19H2,1-5H3/t24-/m1/s1. The lowest BCUT2D eigenvalue weighted by Crippen LogP contribution is -2.53. The fourth-order valence-corrected chi connectivity index (χ4v) is 4.79. The molecule has 1 saturated heterocycles. The fraction of sp³-hybridized carbons (Fsp3) is 0.607. The molecule has 2 fully saturated rings. The smallest absolute Gasteiger partial charge is 0.410 e. The molecule has 0 N–H and O–H groups in total. The highest BCUT2D eigenvalue weighted by Gasteiger charge is 2.39. The maximum absolute atomic E-state index is 13.7. The summed E-state index contributed by atoms with van der Waals surface area (Å²) in [7, 11) is 3.10. The van der Waals surface area contributed by atoms with Crippen molar-refractivity contribution in [2.45, 2.75) is 70.9 Å². The number of benzene rings is 1. The van der Waals surface area contributed by atoms with Gasteiger partial charge in [0.15, 0.2) is 6.10 Å². The van der Waals surface area contributed by atoms with Crippen molar-refractivity contribution >= 4 is 29.0 Å². The molecule has 2 aliphatic rings. The van der Waals surface area contributed by atoms with Gasteiger partial charge in [-0.05, 0) is 51.7 Å². The van der Waals surface area contributed by atoms with Gasteiger partial charge in [-0.25, -0.2) is 9.59 Å². The first-order chi connectivity index (χ1) is 18.1. The van der Waals surface area contributed by atoms with E-state index in [1.165, 1.54) is 7.11 Å². The van der Waals surface area contributed by atoms with Gasteiger partial charge in [0, 0.05) is 56.4 Å². The zero-order valence-corrected chi connectivity index (χ0v) is 23.1. The predicted octanol–water partition coefficient (Wildman–Crippen LogP) is 3.86. The third kappa shape index (κ3) is 6.78. The molecule has 2 heterocycles. The Morgan fingerprint density at radius 1 is 1.16 bits per heavy atom. The second-order valence-corrected chi connectivity index (χ2v) is 11.1. The summed E-state index contributed by atoms with van der Waals surface area (Å²) in [4.78, 5) is 43.0. The average molecular weight is 529 g/mol. The van der Waals surface area contributed by atoms with Crippen molar-refractivity contribution < 1.29 is 28.6 Å². The molecule has 1 aliphatic heterocycles. The number of amides is 3. The van der Waals surface area contributed by atoms with E-state index < -0.39 is 17.8 Å². The topological polar surface area (TPSA) is 93.6 Å². The molecule has 1 atom stereocenters.